The first kappa shape index (κ1) is 16.7. The van der Waals surface area contributed by atoms with Crippen molar-refractivity contribution in [1.29, 1.82) is 0 Å². The monoisotopic (exact) mass is 347 g/mol. The van der Waals surface area contributed by atoms with Gasteiger partial charge in [-0.15, -0.1) is 0 Å². The molecule has 1 aliphatic rings. The van der Waals surface area contributed by atoms with E-state index in [2.05, 4.69) is 10.4 Å². The van der Waals surface area contributed by atoms with Crippen molar-refractivity contribution in [2.75, 3.05) is 6.54 Å². The molecule has 0 saturated carbocycles. The molecule has 0 fully saturated rings. The van der Waals surface area contributed by atoms with Crippen molar-refractivity contribution >= 4 is 15.9 Å². The summed E-state index contributed by atoms with van der Waals surface area (Å²) >= 11 is 0. The number of nitrogens with zero attached hydrogens (tertiary/aromatic N) is 2. The van der Waals surface area contributed by atoms with Crippen molar-refractivity contribution < 1.29 is 13.2 Å². The number of nitrogens with one attached hydrogen (secondary N) is 1. The fourth-order valence-electron chi connectivity index (χ4n) is 2.96. The molecular formula is C17H21N3O3S. The van der Waals surface area contributed by atoms with Crippen molar-refractivity contribution in [2.24, 2.45) is 5.92 Å². The van der Waals surface area contributed by atoms with Gasteiger partial charge >= 0.3 is 0 Å². The zero-order chi connectivity index (χ0) is 17.3. The van der Waals surface area contributed by atoms with E-state index in [4.69, 9.17) is 0 Å². The summed E-state index contributed by atoms with van der Waals surface area (Å²) in [4.78, 5) is 12.2. The Hall–Kier alpha value is -2.15. The number of amides is 1. The van der Waals surface area contributed by atoms with E-state index in [-0.39, 0.29) is 16.7 Å². The molecule has 24 heavy (non-hydrogen) atoms. The lowest BCUT2D eigenvalue weighted by atomic mass is 9.87. The Morgan fingerprint density at radius 1 is 1.33 bits per heavy atom. The number of carbonyl (C=O) groups excluding carboxylic acids is 1. The molecule has 1 aromatic heterocycles. The quantitative estimate of drug-likeness (QED) is 0.912. The Bertz CT molecular complexity index is 854. The maximum atomic E-state index is 12.7. The third kappa shape index (κ3) is 3.08. The minimum absolute atomic E-state index is 0.0253. The Morgan fingerprint density at radius 2 is 2.04 bits per heavy atom. The van der Waals surface area contributed by atoms with Crippen LogP contribution in [0.5, 0.6) is 0 Å². The van der Waals surface area contributed by atoms with Crippen molar-refractivity contribution in [3.05, 3.63) is 47.3 Å². The minimum Gasteiger partial charge on any atom is -0.356 e. The van der Waals surface area contributed by atoms with Gasteiger partial charge in [0.2, 0.25) is 5.91 Å². The van der Waals surface area contributed by atoms with Gasteiger partial charge in [0, 0.05) is 18.7 Å². The highest BCUT2D eigenvalue weighted by atomic mass is 32.2. The van der Waals surface area contributed by atoms with Gasteiger partial charge in [0.1, 0.15) is 0 Å². The second kappa shape index (κ2) is 6.39. The third-order valence-electron chi connectivity index (χ3n) is 4.34. The average molecular weight is 347 g/mol. The second-order valence-corrected chi connectivity index (χ2v) is 7.92. The van der Waals surface area contributed by atoms with Gasteiger partial charge in [-0.1, -0.05) is 17.7 Å². The molecule has 3 rings (SSSR count). The molecule has 6 nitrogen and oxygen atoms in total. The topological polar surface area (TPSA) is 81.1 Å². The van der Waals surface area contributed by atoms with Gasteiger partial charge < -0.3 is 5.32 Å². The molecule has 0 spiro atoms. The minimum atomic E-state index is -3.69. The van der Waals surface area contributed by atoms with Crippen LogP contribution in [0.15, 0.2) is 35.4 Å². The number of aromatic nitrogens is 2. The first-order valence-electron chi connectivity index (χ1n) is 8.09. The van der Waals surface area contributed by atoms with Gasteiger partial charge in [0.25, 0.3) is 10.0 Å². The van der Waals surface area contributed by atoms with Gasteiger partial charge in [-0.3, -0.25) is 4.79 Å². The molecule has 1 heterocycles. The molecule has 2 aromatic rings. The van der Waals surface area contributed by atoms with Crippen molar-refractivity contribution in [3.8, 4) is 0 Å². The van der Waals surface area contributed by atoms with E-state index in [1.807, 2.05) is 13.8 Å². The zero-order valence-corrected chi connectivity index (χ0v) is 14.6. The number of fused-ring (bicyclic) bond motifs is 1. The van der Waals surface area contributed by atoms with Crippen LogP contribution in [0.4, 0.5) is 0 Å². The summed E-state index contributed by atoms with van der Waals surface area (Å²) in [5, 5.41) is 7.09. The summed E-state index contributed by atoms with van der Waals surface area (Å²) in [6, 6.07) is 6.70. The molecule has 1 amide bonds. The fourth-order valence-corrected chi connectivity index (χ4v) is 4.13. The van der Waals surface area contributed by atoms with Gasteiger partial charge in [0.05, 0.1) is 10.6 Å². The summed E-state index contributed by atoms with van der Waals surface area (Å²) < 4.78 is 26.4. The number of rotatable bonds is 4. The first-order chi connectivity index (χ1) is 11.4. The lowest BCUT2D eigenvalue weighted by Gasteiger charge is -2.19. The van der Waals surface area contributed by atoms with Crippen LogP contribution in [0.25, 0.3) is 0 Å². The first-order valence-corrected chi connectivity index (χ1v) is 9.53. The molecule has 0 radical (unpaired) electrons. The van der Waals surface area contributed by atoms with Crippen LogP contribution in [-0.4, -0.2) is 30.1 Å². The number of hydrogen-bond donors (Lipinski definition) is 1. The molecule has 0 aliphatic heterocycles. The predicted molar refractivity (Wildman–Crippen MR) is 90.2 cm³/mol. The van der Waals surface area contributed by atoms with E-state index in [1.165, 1.54) is 0 Å². The van der Waals surface area contributed by atoms with Crippen molar-refractivity contribution in [3.63, 3.8) is 0 Å². The Labute approximate surface area is 141 Å². The number of aryl methyl sites for hydroxylation is 2. The van der Waals surface area contributed by atoms with Crippen molar-refractivity contribution in [2.45, 2.75) is 38.0 Å². The zero-order valence-electron chi connectivity index (χ0n) is 13.8. The largest absolute Gasteiger partial charge is 0.356 e. The van der Waals surface area contributed by atoms with Crippen LogP contribution in [0, 0.1) is 12.8 Å². The molecular weight excluding hydrogens is 326 g/mol. The van der Waals surface area contributed by atoms with Crippen LogP contribution >= 0.6 is 0 Å². The maximum absolute atomic E-state index is 12.7. The summed E-state index contributed by atoms with van der Waals surface area (Å²) in [6.45, 7) is 4.39. The maximum Gasteiger partial charge on any atom is 0.282 e. The lowest BCUT2D eigenvalue weighted by Crippen LogP contribution is -2.33. The van der Waals surface area contributed by atoms with Crippen LogP contribution in [0.1, 0.15) is 30.2 Å². The molecule has 1 N–H and O–H groups in total. The SMILES string of the molecule is CCNC(=O)C1CCc2nn(S(=O)(=O)c3ccc(C)cc3)cc2C1. The van der Waals surface area contributed by atoms with E-state index in [9.17, 15) is 13.2 Å². The van der Waals surface area contributed by atoms with E-state index in [1.54, 1.807) is 30.5 Å². The highest BCUT2D eigenvalue weighted by Crippen LogP contribution is 2.26. The average Bonchev–Trinajstić information content (AvgIpc) is 2.99. The molecule has 1 aliphatic carbocycles. The summed E-state index contributed by atoms with van der Waals surface area (Å²) in [6.07, 6.45) is 3.40. The third-order valence-corrected chi connectivity index (χ3v) is 5.89. The number of hydrogen-bond acceptors (Lipinski definition) is 4. The van der Waals surface area contributed by atoms with Gasteiger partial charge in [0.15, 0.2) is 0 Å². The lowest BCUT2D eigenvalue weighted by molar-refractivity contribution is -0.125. The Kier molecular flexibility index (Phi) is 4.45. The molecule has 1 unspecified atom stereocenters. The van der Waals surface area contributed by atoms with Gasteiger partial charge in [-0.05, 0) is 50.8 Å². The van der Waals surface area contributed by atoms with Crippen molar-refractivity contribution in [1.82, 2.24) is 14.5 Å². The number of carbonyl (C=O) groups is 1. The number of benzene rings is 1. The highest BCUT2D eigenvalue weighted by Gasteiger charge is 2.28. The van der Waals surface area contributed by atoms with Gasteiger partial charge in [-0.2, -0.15) is 17.6 Å². The van der Waals surface area contributed by atoms with E-state index in [0.29, 0.717) is 25.8 Å². The molecule has 0 saturated heterocycles. The standard InChI is InChI=1S/C17H21N3O3S/c1-3-18-17(21)13-6-9-16-14(10-13)11-20(19-16)24(22,23)15-7-4-12(2)5-8-15/h4-5,7-8,11,13H,3,6,9-10H2,1-2H3,(H,18,21). The molecule has 1 aromatic carbocycles. The van der Waals surface area contributed by atoms with E-state index >= 15 is 0 Å². The van der Waals surface area contributed by atoms with E-state index in [0.717, 1.165) is 20.9 Å². The second-order valence-electron chi connectivity index (χ2n) is 6.13. The van der Waals surface area contributed by atoms with E-state index < -0.39 is 10.0 Å². The molecule has 0 bridgehead atoms. The Morgan fingerprint density at radius 3 is 2.71 bits per heavy atom. The summed E-state index contributed by atoms with van der Waals surface area (Å²) in [5.74, 6) is -0.0885. The van der Waals surface area contributed by atoms with Crippen LogP contribution < -0.4 is 5.32 Å². The Balaban J connectivity index is 1.88. The molecule has 1 atom stereocenters. The molecule has 7 heteroatoms. The normalized spacial score (nSPS) is 17.3. The fraction of sp³-hybridized carbons (Fsp3) is 0.412. The van der Waals surface area contributed by atoms with Crippen LogP contribution in [0.2, 0.25) is 0 Å². The highest BCUT2D eigenvalue weighted by molar-refractivity contribution is 7.89. The van der Waals surface area contributed by atoms with Crippen LogP contribution in [0.3, 0.4) is 0 Å². The molecule has 128 valence electrons. The summed E-state index contributed by atoms with van der Waals surface area (Å²) in [7, 11) is -3.69. The van der Waals surface area contributed by atoms with Gasteiger partial charge in [-0.25, -0.2) is 0 Å². The smallest absolute Gasteiger partial charge is 0.282 e. The van der Waals surface area contributed by atoms with Crippen LogP contribution in [-0.2, 0) is 27.7 Å². The summed E-state index contributed by atoms with van der Waals surface area (Å²) in [5.41, 5.74) is 2.61. The predicted octanol–water partition coefficient (Wildman–Crippen LogP) is 1.67.